The second-order valence-electron chi connectivity index (χ2n) is 6.04. The number of hydrogen-bond acceptors (Lipinski definition) is 7. The molecule has 2 saturated heterocycles. The number of cyclic esters (lactones) is 1. The molecule has 0 spiro atoms. The first-order chi connectivity index (χ1) is 11.7. The quantitative estimate of drug-likeness (QED) is 0.749. The molecule has 4 rings (SSSR count). The van der Waals surface area contributed by atoms with E-state index in [0.29, 0.717) is 37.8 Å². The fraction of sp³-hybridized carbons (Fsp3) is 0.438. The van der Waals surface area contributed by atoms with Gasteiger partial charge in [0, 0.05) is 49.8 Å². The molecule has 0 saturated carbocycles. The van der Waals surface area contributed by atoms with E-state index in [2.05, 4.69) is 15.1 Å². The molecule has 8 nitrogen and oxygen atoms in total. The van der Waals surface area contributed by atoms with E-state index in [1.165, 1.54) is 0 Å². The van der Waals surface area contributed by atoms with Crippen molar-refractivity contribution in [1.29, 1.82) is 0 Å². The number of halogens is 1. The Balaban J connectivity index is 0.00000182. The summed E-state index contributed by atoms with van der Waals surface area (Å²) in [5.41, 5.74) is 0.817. The second kappa shape index (κ2) is 7.18. The fourth-order valence-corrected chi connectivity index (χ4v) is 3.15. The number of nitrogens with zero attached hydrogens (tertiary/aromatic N) is 4. The van der Waals surface area contributed by atoms with Crippen LogP contribution in [0, 0.1) is 11.8 Å². The molecule has 25 heavy (non-hydrogen) atoms. The molecular formula is C16H17ClN4O4. The highest BCUT2D eigenvalue weighted by Gasteiger charge is 2.45. The number of esters is 1. The third kappa shape index (κ3) is 3.48. The van der Waals surface area contributed by atoms with Crippen LogP contribution in [0.4, 0.5) is 0 Å². The Labute approximate surface area is 150 Å². The number of amides is 1. The van der Waals surface area contributed by atoms with Gasteiger partial charge < -0.3 is 14.2 Å². The number of ether oxygens (including phenoxy) is 1. The number of aromatic nitrogens is 3. The Morgan fingerprint density at radius 3 is 2.84 bits per heavy atom. The van der Waals surface area contributed by atoms with Gasteiger partial charge in [-0.3, -0.25) is 14.6 Å². The zero-order chi connectivity index (χ0) is 16.5. The zero-order valence-corrected chi connectivity index (χ0v) is 14.1. The first-order valence-corrected chi connectivity index (χ1v) is 7.88. The van der Waals surface area contributed by atoms with Crippen molar-refractivity contribution in [3.8, 4) is 11.4 Å². The monoisotopic (exact) mass is 364 g/mol. The Morgan fingerprint density at radius 2 is 2.08 bits per heavy atom. The number of likely N-dealkylation sites (tertiary alicyclic amines) is 1. The standard InChI is InChI=1S/C16H16N4O4.ClH/c21-14(20-7-11-9-23-16(22)12(11)8-20)2-1-13-18-15(19-24-13)10-3-5-17-6-4-10;/h3-6,11-12H,1-2,7-9H2;1H/t11-,12-;/m1./s1. The van der Waals surface area contributed by atoms with Gasteiger partial charge in [0.1, 0.15) is 0 Å². The molecule has 2 aromatic rings. The number of pyridine rings is 1. The molecule has 9 heteroatoms. The molecule has 2 atom stereocenters. The van der Waals surface area contributed by atoms with Gasteiger partial charge in [0.05, 0.1) is 12.5 Å². The van der Waals surface area contributed by atoms with E-state index >= 15 is 0 Å². The maximum atomic E-state index is 12.3. The minimum atomic E-state index is -0.186. The number of rotatable bonds is 4. The highest BCUT2D eigenvalue weighted by Crippen LogP contribution is 2.30. The van der Waals surface area contributed by atoms with Crippen molar-refractivity contribution < 1.29 is 18.8 Å². The minimum absolute atomic E-state index is 0. The summed E-state index contributed by atoms with van der Waals surface area (Å²) in [5.74, 6) is 0.709. The summed E-state index contributed by atoms with van der Waals surface area (Å²) in [5, 5.41) is 3.92. The van der Waals surface area contributed by atoms with Gasteiger partial charge in [-0.2, -0.15) is 4.98 Å². The summed E-state index contributed by atoms with van der Waals surface area (Å²) in [4.78, 5) is 33.8. The highest BCUT2D eigenvalue weighted by molar-refractivity contribution is 5.85. The normalized spacial score (nSPS) is 21.6. The molecule has 4 heterocycles. The largest absolute Gasteiger partial charge is 0.465 e. The Hall–Kier alpha value is -2.48. The van der Waals surface area contributed by atoms with Crippen molar-refractivity contribution in [3.63, 3.8) is 0 Å². The van der Waals surface area contributed by atoms with E-state index in [9.17, 15) is 9.59 Å². The molecule has 0 aromatic carbocycles. The molecule has 0 unspecified atom stereocenters. The summed E-state index contributed by atoms with van der Waals surface area (Å²) < 4.78 is 10.2. The molecule has 0 aliphatic carbocycles. The van der Waals surface area contributed by atoms with Crippen LogP contribution in [-0.2, 0) is 20.7 Å². The van der Waals surface area contributed by atoms with Crippen LogP contribution < -0.4 is 0 Å². The van der Waals surface area contributed by atoms with Crippen LogP contribution >= 0.6 is 12.4 Å². The maximum absolute atomic E-state index is 12.3. The van der Waals surface area contributed by atoms with Gasteiger partial charge in [-0.05, 0) is 12.1 Å². The van der Waals surface area contributed by atoms with Gasteiger partial charge >= 0.3 is 5.97 Å². The van der Waals surface area contributed by atoms with Gasteiger partial charge in [0.2, 0.25) is 17.6 Å². The van der Waals surface area contributed by atoms with Crippen molar-refractivity contribution in [2.24, 2.45) is 11.8 Å². The van der Waals surface area contributed by atoms with E-state index in [0.717, 1.165) is 5.56 Å². The van der Waals surface area contributed by atoms with Crippen molar-refractivity contribution in [3.05, 3.63) is 30.4 Å². The Kier molecular flexibility index (Phi) is 4.98. The third-order valence-electron chi connectivity index (χ3n) is 4.50. The van der Waals surface area contributed by atoms with Gasteiger partial charge in [-0.25, -0.2) is 0 Å². The van der Waals surface area contributed by atoms with E-state index < -0.39 is 0 Å². The average molecular weight is 365 g/mol. The van der Waals surface area contributed by atoms with Crippen LogP contribution in [0.3, 0.4) is 0 Å². The lowest BCUT2D eigenvalue weighted by atomic mass is 10.0. The first-order valence-electron chi connectivity index (χ1n) is 7.88. The number of fused-ring (bicyclic) bond motifs is 1. The molecule has 0 N–H and O–H groups in total. The smallest absolute Gasteiger partial charge is 0.311 e. The summed E-state index contributed by atoms with van der Waals surface area (Å²) in [6.07, 6.45) is 3.98. The van der Waals surface area contributed by atoms with Crippen LogP contribution in [0.5, 0.6) is 0 Å². The number of carbonyl (C=O) groups is 2. The van der Waals surface area contributed by atoms with Gasteiger partial charge in [0.25, 0.3) is 0 Å². The molecule has 132 valence electrons. The molecule has 0 bridgehead atoms. The summed E-state index contributed by atoms with van der Waals surface area (Å²) >= 11 is 0. The topological polar surface area (TPSA) is 98.4 Å². The summed E-state index contributed by atoms with van der Waals surface area (Å²) in [6, 6.07) is 3.59. The van der Waals surface area contributed by atoms with Crippen molar-refractivity contribution >= 4 is 24.3 Å². The first kappa shape index (κ1) is 17.3. The van der Waals surface area contributed by atoms with E-state index in [4.69, 9.17) is 9.26 Å². The van der Waals surface area contributed by atoms with Gasteiger partial charge in [-0.1, -0.05) is 5.16 Å². The lowest BCUT2D eigenvalue weighted by molar-refractivity contribution is -0.142. The Bertz CT molecular complexity index is 767. The number of carbonyl (C=O) groups excluding carboxylic acids is 2. The fourth-order valence-electron chi connectivity index (χ4n) is 3.15. The van der Waals surface area contributed by atoms with Gasteiger partial charge in [-0.15, -0.1) is 12.4 Å². The highest BCUT2D eigenvalue weighted by atomic mass is 35.5. The lowest BCUT2D eigenvalue weighted by Gasteiger charge is -2.16. The minimum Gasteiger partial charge on any atom is -0.465 e. The second-order valence-corrected chi connectivity index (χ2v) is 6.04. The third-order valence-corrected chi connectivity index (χ3v) is 4.50. The predicted molar refractivity (Wildman–Crippen MR) is 87.6 cm³/mol. The molecule has 2 fully saturated rings. The van der Waals surface area contributed by atoms with E-state index in [1.54, 1.807) is 29.4 Å². The number of aryl methyl sites for hydroxylation is 1. The van der Waals surface area contributed by atoms with Crippen LogP contribution in [0.25, 0.3) is 11.4 Å². The zero-order valence-electron chi connectivity index (χ0n) is 13.3. The SMILES string of the molecule is Cl.O=C1OC[C@H]2CN(C(=O)CCc3nc(-c4ccncc4)no3)C[C@@H]12. The molecule has 2 aromatic heterocycles. The molecular weight excluding hydrogens is 348 g/mol. The molecule has 1 amide bonds. The number of hydrogen-bond donors (Lipinski definition) is 0. The van der Waals surface area contributed by atoms with Crippen LogP contribution in [0.15, 0.2) is 29.0 Å². The summed E-state index contributed by atoms with van der Waals surface area (Å²) in [6.45, 7) is 1.46. The van der Waals surface area contributed by atoms with E-state index in [-0.39, 0.29) is 42.5 Å². The van der Waals surface area contributed by atoms with Crippen LogP contribution in [-0.4, -0.2) is 51.6 Å². The lowest BCUT2D eigenvalue weighted by Crippen LogP contribution is -2.31. The maximum Gasteiger partial charge on any atom is 0.311 e. The average Bonchev–Trinajstić information content (AvgIpc) is 3.31. The molecule has 2 aliphatic heterocycles. The Morgan fingerprint density at radius 1 is 1.28 bits per heavy atom. The van der Waals surface area contributed by atoms with Gasteiger partial charge in [0.15, 0.2) is 0 Å². The molecule has 2 aliphatic rings. The summed E-state index contributed by atoms with van der Waals surface area (Å²) in [7, 11) is 0. The van der Waals surface area contributed by atoms with Crippen LogP contribution in [0.2, 0.25) is 0 Å². The predicted octanol–water partition coefficient (Wildman–Crippen LogP) is 1.12. The van der Waals surface area contributed by atoms with Crippen LogP contribution in [0.1, 0.15) is 12.3 Å². The van der Waals surface area contributed by atoms with Crippen molar-refractivity contribution in [1.82, 2.24) is 20.0 Å². The molecule has 0 radical (unpaired) electrons. The van der Waals surface area contributed by atoms with Crippen molar-refractivity contribution in [2.75, 3.05) is 19.7 Å². The van der Waals surface area contributed by atoms with E-state index in [1.807, 2.05) is 0 Å². The van der Waals surface area contributed by atoms with Crippen molar-refractivity contribution in [2.45, 2.75) is 12.8 Å².